The summed E-state index contributed by atoms with van der Waals surface area (Å²) in [5.74, 6) is 0.772. The molecule has 2 aromatic carbocycles. The van der Waals surface area contributed by atoms with Crippen LogP contribution in [-0.4, -0.2) is 60.3 Å². The summed E-state index contributed by atoms with van der Waals surface area (Å²) in [6.07, 6.45) is -0.752. The maximum absolute atomic E-state index is 12.8. The summed E-state index contributed by atoms with van der Waals surface area (Å²) < 4.78 is 16.8. The average Bonchev–Trinajstić information content (AvgIpc) is 2.76. The maximum Gasteiger partial charge on any atom is 0.414 e. The van der Waals surface area contributed by atoms with Gasteiger partial charge in [-0.2, -0.15) is 0 Å². The van der Waals surface area contributed by atoms with Crippen molar-refractivity contribution in [3.63, 3.8) is 0 Å². The zero-order valence-corrected chi connectivity index (χ0v) is 20.3. The Morgan fingerprint density at radius 3 is 2.18 bits per heavy atom. The fraction of sp³-hybridized carbons (Fsp3) is 0.417. The smallest absolute Gasteiger partial charge is 0.414 e. The molecular formula is C24H31N3O7. The summed E-state index contributed by atoms with van der Waals surface area (Å²) in [4.78, 5) is 38.1. The van der Waals surface area contributed by atoms with Crippen molar-refractivity contribution in [1.82, 2.24) is 9.80 Å². The lowest BCUT2D eigenvalue weighted by Gasteiger charge is -2.32. The molecular weight excluding hydrogens is 442 g/mol. The third-order valence-corrected chi connectivity index (χ3v) is 4.70. The predicted molar refractivity (Wildman–Crippen MR) is 126 cm³/mol. The lowest BCUT2D eigenvalue weighted by Crippen LogP contribution is -2.37. The summed E-state index contributed by atoms with van der Waals surface area (Å²) in [6, 6.07) is 12.1. The zero-order chi connectivity index (χ0) is 25.5. The predicted octanol–water partition coefficient (Wildman–Crippen LogP) is 5.03. The Morgan fingerprint density at radius 1 is 1.00 bits per heavy atom. The molecule has 1 unspecified atom stereocenters. The van der Waals surface area contributed by atoms with E-state index in [4.69, 9.17) is 14.2 Å². The van der Waals surface area contributed by atoms with Crippen LogP contribution >= 0.6 is 0 Å². The van der Waals surface area contributed by atoms with Gasteiger partial charge < -0.3 is 24.0 Å². The molecule has 2 aromatic rings. The average molecular weight is 474 g/mol. The van der Waals surface area contributed by atoms with Crippen LogP contribution in [0.15, 0.2) is 48.5 Å². The van der Waals surface area contributed by atoms with E-state index in [-0.39, 0.29) is 12.3 Å². The Bertz CT molecular complexity index is 1000. The monoisotopic (exact) mass is 473 g/mol. The number of ether oxygens (including phenoxy) is 3. The first-order valence-electron chi connectivity index (χ1n) is 10.7. The highest BCUT2D eigenvalue weighted by Crippen LogP contribution is 2.33. The third-order valence-electron chi connectivity index (χ3n) is 4.70. The minimum Gasteiger partial charge on any atom is -0.493 e. The number of carbonyl (C=O) groups excluding carboxylic acids is 2. The molecule has 0 aliphatic rings. The van der Waals surface area contributed by atoms with Crippen LogP contribution in [0.5, 0.6) is 11.5 Å². The number of hydrogen-bond acceptors (Lipinski definition) is 7. The first-order valence-corrected chi connectivity index (χ1v) is 10.7. The van der Waals surface area contributed by atoms with Crippen molar-refractivity contribution in [3.8, 4) is 11.5 Å². The molecule has 0 saturated heterocycles. The SMILES string of the molecule is CN(C)C(=O)Oc1ccccc1C(CCOc1ccc([N+](=O)[O-])cc1)N(C)C(=O)OC(C)(C)C. The maximum atomic E-state index is 12.8. The summed E-state index contributed by atoms with van der Waals surface area (Å²) in [5, 5.41) is 10.8. The summed E-state index contributed by atoms with van der Waals surface area (Å²) in [6.45, 7) is 5.51. The number of non-ortho nitro benzene ring substituents is 1. The lowest BCUT2D eigenvalue weighted by atomic mass is 10.0. The molecule has 0 saturated carbocycles. The molecule has 10 heteroatoms. The van der Waals surface area contributed by atoms with Crippen LogP contribution in [0.4, 0.5) is 15.3 Å². The first kappa shape index (κ1) is 26.4. The highest BCUT2D eigenvalue weighted by Gasteiger charge is 2.29. The molecule has 10 nitrogen and oxygen atoms in total. The molecule has 0 aromatic heterocycles. The number of nitrogens with zero attached hydrogens (tertiary/aromatic N) is 3. The number of benzene rings is 2. The van der Waals surface area contributed by atoms with E-state index in [1.807, 2.05) is 0 Å². The molecule has 0 spiro atoms. The molecule has 0 aliphatic heterocycles. The Kier molecular flexibility index (Phi) is 8.83. The number of hydrogen-bond donors (Lipinski definition) is 0. The minimum atomic E-state index is -0.692. The van der Waals surface area contributed by atoms with E-state index in [2.05, 4.69) is 0 Å². The molecule has 0 heterocycles. The van der Waals surface area contributed by atoms with Gasteiger partial charge in [0, 0.05) is 45.3 Å². The van der Waals surface area contributed by atoms with Gasteiger partial charge in [0.05, 0.1) is 17.6 Å². The molecule has 2 rings (SSSR count). The Balaban J connectivity index is 2.27. The van der Waals surface area contributed by atoms with Crippen LogP contribution < -0.4 is 9.47 Å². The van der Waals surface area contributed by atoms with Crippen molar-refractivity contribution in [1.29, 1.82) is 0 Å². The van der Waals surface area contributed by atoms with Crippen molar-refractivity contribution < 1.29 is 28.7 Å². The second-order valence-corrected chi connectivity index (χ2v) is 8.80. The number of rotatable bonds is 8. The minimum absolute atomic E-state index is 0.0356. The van der Waals surface area contributed by atoms with Gasteiger partial charge in [-0.1, -0.05) is 18.2 Å². The summed E-state index contributed by atoms with van der Waals surface area (Å²) in [7, 11) is 4.76. The highest BCUT2D eigenvalue weighted by atomic mass is 16.6. The number of nitro benzene ring substituents is 1. The molecule has 0 N–H and O–H groups in total. The molecule has 1 atom stereocenters. The largest absolute Gasteiger partial charge is 0.493 e. The van der Waals surface area contributed by atoms with Crippen LogP contribution in [0.2, 0.25) is 0 Å². The number of carbonyl (C=O) groups is 2. The molecule has 2 amide bonds. The van der Waals surface area contributed by atoms with Gasteiger partial charge in [0.15, 0.2) is 0 Å². The molecule has 0 bridgehead atoms. The fourth-order valence-corrected chi connectivity index (χ4v) is 3.01. The van der Waals surface area contributed by atoms with Gasteiger partial charge in [-0.05, 0) is 39.0 Å². The van der Waals surface area contributed by atoms with Crippen LogP contribution in [0.25, 0.3) is 0 Å². The van der Waals surface area contributed by atoms with Crippen LogP contribution in [-0.2, 0) is 4.74 Å². The topological polar surface area (TPSA) is 111 Å². The normalized spacial score (nSPS) is 11.8. The molecule has 0 radical (unpaired) electrons. The summed E-state index contributed by atoms with van der Waals surface area (Å²) >= 11 is 0. The molecule has 34 heavy (non-hydrogen) atoms. The Morgan fingerprint density at radius 2 is 1.62 bits per heavy atom. The van der Waals surface area contributed by atoms with E-state index in [1.165, 1.54) is 34.1 Å². The lowest BCUT2D eigenvalue weighted by molar-refractivity contribution is -0.384. The number of amides is 2. The van der Waals surface area contributed by atoms with Crippen molar-refractivity contribution >= 4 is 17.9 Å². The van der Waals surface area contributed by atoms with E-state index >= 15 is 0 Å². The van der Waals surface area contributed by atoms with Crippen LogP contribution in [0, 0.1) is 10.1 Å². The highest BCUT2D eigenvalue weighted by molar-refractivity contribution is 5.71. The van der Waals surface area contributed by atoms with Gasteiger partial charge in [0.2, 0.25) is 0 Å². The van der Waals surface area contributed by atoms with Gasteiger partial charge in [-0.15, -0.1) is 0 Å². The van der Waals surface area contributed by atoms with Gasteiger partial charge >= 0.3 is 12.2 Å². The second kappa shape index (κ2) is 11.4. The van der Waals surface area contributed by atoms with Crippen molar-refractivity contribution in [2.75, 3.05) is 27.7 Å². The Labute approximate surface area is 199 Å². The number of nitro groups is 1. The van der Waals surface area contributed by atoms with E-state index in [0.29, 0.717) is 23.5 Å². The van der Waals surface area contributed by atoms with E-state index in [0.717, 1.165) is 0 Å². The van der Waals surface area contributed by atoms with Crippen LogP contribution in [0.1, 0.15) is 38.8 Å². The molecule has 0 fully saturated rings. The van der Waals surface area contributed by atoms with Gasteiger partial charge in [-0.25, -0.2) is 9.59 Å². The van der Waals surface area contributed by atoms with Crippen molar-refractivity contribution in [2.45, 2.75) is 38.8 Å². The van der Waals surface area contributed by atoms with Crippen molar-refractivity contribution in [2.24, 2.45) is 0 Å². The van der Waals surface area contributed by atoms with E-state index in [9.17, 15) is 19.7 Å². The number of para-hydroxylation sites is 1. The quantitative estimate of drug-likeness (QED) is 0.390. The zero-order valence-electron chi connectivity index (χ0n) is 20.3. The first-order chi connectivity index (χ1) is 15.9. The fourth-order valence-electron chi connectivity index (χ4n) is 3.01. The van der Waals surface area contributed by atoms with Crippen LogP contribution in [0.3, 0.4) is 0 Å². The summed E-state index contributed by atoms with van der Waals surface area (Å²) in [5.41, 5.74) is -0.118. The Hall–Kier alpha value is -3.82. The molecule has 0 aliphatic carbocycles. The van der Waals surface area contributed by atoms with E-state index < -0.39 is 28.8 Å². The second-order valence-electron chi connectivity index (χ2n) is 8.80. The standard InChI is InChI=1S/C24H31N3O7/c1-24(2,3)34-23(29)26(6)20(15-16-32-18-13-11-17(12-14-18)27(30)31)19-9-7-8-10-21(19)33-22(28)25(4)5/h7-14,20H,15-16H2,1-6H3. The van der Waals surface area contributed by atoms with Gasteiger partial charge in [0.1, 0.15) is 17.1 Å². The van der Waals surface area contributed by atoms with Crippen molar-refractivity contribution in [3.05, 3.63) is 64.2 Å². The molecule has 184 valence electrons. The van der Waals surface area contributed by atoms with Gasteiger partial charge in [-0.3, -0.25) is 10.1 Å². The van der Waals surface area contributed by atoms with E-state index in [1.54, 1.807) is 66.2 Å². The third kappa shape index (κ3) is 7.65. The van der Waals surface area contributed by atoms with Gasteiger partial charge in [0.25, 0.3) is 5.69 Å².